The maximum Gasteiger partial charge on any atom is 0.295 e. The van der Waals surface area contributed by atoms with Crippen molar-refractivity contribution in [3.05, 3.63) is 61.8 Å². The first kappa shape index (κ1) is 40.1. The third-order valence-corrected chi connectivity index (χ3v) is 8.04. The molecule has 2 atom stereocenters. The number of rotatable bonds is 16. The molecule has 2 heterocycles. The van der Waals surface area contributed by atoms with Crippen LogP contribution in [-0.4, -0.2) is 82.9 Å². The van der Waals surface area contributed by atoms with E-state index in [1.54, 1.807) is 13.0 Å². The Bertz CT molecular complexity index is 1310. The minimum absolute atomic E-state index is 0.0101. The number of hydrogen-bond donors (Lipinski definition) is 2. The molecule has 252 valence electrons. The lowest BCUT2D eigenvalue weighted by Gasteiger charge is -2.27. The van der Waals surface area contributed by atoms with E-state index in [2.05, 4.69) is 6.26 Å². The van der Waals surface area contributed by atoms with Crippen molar-refractivity contribution >= 4 is 42.0 Å². The van der Waals surface area contributed by atoms with Crippen molar-refractivity contribution in [2.75, 3.05) is 38.7 Å². The lowest BCUT2D eigenvalue weighted by atomic mass is 10.0. The van der Waals surface area contributed by atoms with Crippen LogP contribution in [0.2, 0.25) is 5.02 Å². The second kappa shape index (κ2) is 21.0. The number of aromatic nitrogens is 1. The summed E-state index contributed by atoms with van der Waals surface area (Å²) in [5, 5.41) is 10.7. The molecule has 0 bridgehead atoms. The first-order valence-corrected chi connectivity index (χ1v) is 17.0. The van der Waals surface area contributed by atoms with Crippen molar-refractivity contribution in [3.8, 4) is 5.75 Å². The maximum atomic E-state index is 13.6. The highest BCUT2D eigenvalue weighted by molar-refractivity contribution is 7.98. The number of carbonyl (C=O) groups is 3. The van der Waals surface area contributed by atoms with Gasteiger partial charge in [0.2, 0.25) is 0 Å². The Morgan fingerprint density at radius 1 is 1.24 bits per heavy atom. The highest BCUT2D eigenvalue weighted by atomic mass is 35.5. The zero-order valence-corrected chi connectivity index (χ0v) is 28.8. The van der Waals surface area contributed by atoms with Crippen LogP contribution in [0.3, 0.4) is 0 Å². The van der Waals surface area contributed by atoms with Gasteiger partial charge in [0, 0.05) is 13.1 Å². The lowest BCUT2D eigenvalue weighted by molar-refractivity contribution is -0.133. The molecule has 0 saturated carbocycles. The summed E-state index contributed by atoms with van der Waals surface area (Å²) >= 11 is 7.72. The number of halogens is 2. The van der Waals surface area contributed by atoms with Crippen molar-refractivity contribution in [1.82, 2.24) is 14.4 Å². The number of unbranched alkanes of at least 4 members (excludes halogenated alkanes) is 1. The summed E-state index contributed by atoms with van der Waals surface area (Å²) < 4.78 is 19.7. The first-order valence-electron chi connectivity index (χ1n) is 15.2. The van der Waals surface area contributed by atoms with Gasteiger partial charge in [0.25, 0.3) is 17.9 Å². The van der Waals surface area contributed by atoms with E-state index < -0.39 is 35.3 Å². The Labute approximate surface area is 275 Å². The molecule has 0 radical (unpaired) electrons. The molecule has 0 aliphatic carbocycles. The number of fused-ring (bicyclic) bond motifs is 1. The van der Waals surface area contributed by atoms with Gasteiger partial charge in [-0.1, -0.05) is 44.9 Å². The van der Waals surface area contributed by atoms with Crippen LogP contribution in [0.4, 0.5) is 4.39 Å². The van der Waals surface area contributed by atoms with E-state index in [4.69, 9.17) is 22.1 Å². The number of amides is 1. The molecule has 1 amide bonds. The second-order valence-corrected chi connectivity index (χ2v) is 11.8. The fraction of sp³-hybridized carbons (Fsp3) is 0.562. The van der Waals surface area contributed by atoms with Crippen molar-refractivity contribution in [3.63, 3.8) is 0 Å². The Morgan fingerprint density at radius 2 is 1.93 bits per heavy atom. The molecule has 13 heteroatoms. The number of nitrogens with zero attached hydrogens (tertiary/aromatic N) is 3. The van der Waals surface area contributed by atoms with Gasteiger partial charge in [-0.25, -0.2) is 4.39 Å². The number of carbonyl (C=O) groups excluding carboxylic acids is 3. The molecule has 0 saturated heterocycles. The number of likely N-dealkylation sites (N-methyl/N-ethyl adjacent to an activating group) is 1. The summed E-state index contributed by atoms with van der Waals surface area (Å²) in [5.41, 5.74) is 5.28. The third kappa shape index (κ3) is 11.1. The maximum absolute atomic E-state index is 13.6. The summed E-state index contributed by atoms with van der Waals surface area (Å²) in [4.78, 5) is 52.9. The summed E-state index contributed by atoms with van der Waals surface area (Å²) in [6.45, 7) is 9.57. The van der Waals surface area contributed by atoms with Gasteiger partial charge in [0.1, 0.15) is 23.8 Å². The van der Waals surface area contributed by atoms with E-state index in [9.17, 15) is 28.7 Å². The van der Waals surface area contributed by atoms with Gasteiger partial charge < -0.3 is 25.4 Å². The van der Waals surface area contributed by atoms with Gasteiger partial charge in [-0.3, -0.25) is 23.7 Å². The predicted octanol–water partition coefficient (Wildman–Crippen LogP) is 5.26. The fourth-order valence-electron chi connectivity index (χ4n) is 4.90. The largest absolute Gasteiger partial charge is 0.503 e. The molecule has 0 spiro atoms. The molecule has 3 rings (SSSR count). The summed E-state index contributed by atoms with van der Waals surface area (Å²) in [6, 6.07) is 4.42. The van der Waals surface area contributed by atoms with Crippen LogP contribution in [0.5, 0.6) is 5.75 Å². The van der Waals surface area contributed by atoms with Gasteiger partial charge in [0.05, 0.1) is 17.1 Å². The van der Waals surface area contributed by atoms with Gasteiger partial charge in [-0.2, -0.15) is 11.8 Å². The summed E-state index contributed by atoms with van der Waals surface area (Å²) in [7, 11) is 1.81. The van der Waals surface area contributed by atoms with Crippen LogP contribution in [0.25, 0.3) is 0 Å². The van der Waals surface area contributed by atoms with Crippen LogP contribution >= 0.6 is 23.4 Å². The van der Waals surface area contributed by atoms with E-state index >= 15 is 0 Å². The molecule has 1 aromatic heterocycles. The third-order valence-electron chi connectivity index (χ3n) is 7.06. The van der Waals surface area contributed by atoms with Crippen LogP contribution in [0.15, 0.2) is 23.0 Å². The zero-order valence-electron chi connectivity index (χ0n) is 27.2. The Kier molecular flexibility index (Phi) is 18.7. The highest BCUT2D eigenvalue weighted by Gasteiger charge is 2.41. The molecule has 1 aliphatic heterocycles. The highest BCUT2D eigenvalue weighted by Crippen LogP contribution is 2.34. The minimum Gasteiger partial charge on any atom is -0.503 e. The van der Waals surface area contributed by atoms with Crippen LogP contribution < -0.4 is 11.3 Å². The van der Waals surface area contributed by atoms with Gasteiger partial charge in [0.15, 0.2) is 12.0 Å². The number of ether oxygens (including phenoxy) is 1. The van der Waals surface area contributed by atoms with Gasteiger partial charge >= 0.3 is 0 Å². The Balaban J connectivity index is 0.00000113. The summed E-state index contributed by atoms with van der Waals surface area (Å²) in [5.74, 6) is -0.477. The molecule has 2 unspecified atom stereocenters. The Morgan fingerprint density at radius 3 is 2.47 bits per heavy atom. The average molecular weight is 671 g/mol. The number of benzene rings is 1. The number of pyridine rings is 1. The molecule has 3 N–H and O–H groups in total. The standard InChI is InChI=1S/C26H31ClFN3O6.C4H11NS.C2H6/c1-4-5-6-22-30(12-16(2)37-15-33)25(35)23-18(19(14-32)24(34)26(36)31(22)23)9-10-29(3)13-17-7-8-21(28)20(27)11-17;1-6-4-2-3-5;1-2/h7-8,11,14-16,22,34H,4-6,9-10,12-13H2,1-3H3;2-5H2,1H3;1-2H3. The number of aldehydes is 1. The molecule has 1 aliphatic rings. The molecular weight excluding hydrogens is 623 g/mol. The first-order chi connectivity index (χ1) is 21.6. The summed E-state index contributed by atoms with van der Waals surface area (Å²) in [6.07, 6.45) is 4.49. The molecule has 10 nitrogen and oxygen atoms in total. The molecule has 1 aromatic carbocycles. The smallest absolute Gasteiger partial charge is 0.295 e. The van der Waals surface area contributed by atoms with E-state index in [1.165, 1.54) is 27.4 Å². The van der Waals surface area contributed by atoms with E-state index in [0.29, 0.717) is 38.7 Å². The van der Waals surface area contributed by atoms with Crippen molar-refractivity contribution in [2.45, 2.75) is 78.6 Å². The van der Waals surface area contributed by atoms with E-state index in [-0.39, 0.29) is 34.8 Å². The van der Waals surface area contributed by atoms with Gasteiger partial charge in [-0.05, 0) is 81.5 Å². The quantitative estimate of drug-likeness (QED) is 0.181. The van der Waals surface area contributed by atoms with Crippen LogP contribution in [0, 0.1) is 5.82 Å². The predicted molar refractivity (Wildman–Crippen MR) is 179 cm³/mol. The second-order valence-electron chi connectivity index (χ2n) is 10.4. The normalized spacial score (nSPS) is 14.2. The fourth-order valence-corrected chi connectivity index (χ4v) is 5.56. The van der Waals surface area contributed by atoms with Crippen molar-refractivity contribution in [1.29, 1.82) is 0 Å². The number of aromatic hydroxyl groups is 1. The van der Waals surface area contributed by atoms with Gasteiger partial charge in [-0.15, -0.1) is 0 Å². The Hall–Kier alpha value is -2.93. The van der Waals surface area contributed by atoms with E-state index in [1.807, 2.05) is 44.5 Å². The molecule has 45 heavy (non-hydrogen) atoms. The molecule has 2 aromatic rings. The topological polar surface area (TPSA) is 135 Å². The van der Waals surface area contributed by atoms with Crippen LogP contribution in [-0.2, 0) is 22.5 Å². The minimum atomic E-state index is -0.809. The lowest BCUT2D eigenvalue weighted by Crippen LogP contribution is -2.37. The molecule has 0 fully saturated rings. The number of nitrogens with two attached hydrogens (primary N) is 1. The average Bonchev–Trinajstić information content (AvgIpc) is 3.29. The number of hydrogen-bond acceptors (Lipinski definition) is 9. The zero-order chi connectivity index (χ0) is 34.1. The van der Waals surface area contributed by atoms with Crippen LogP contribution in [0.1, 0.15) is 91.5 Å². The van der Waals surface area contributed by atoms with Crippen molar-refractivity contribution < 1.29 is 28.6 Å². The van der Waals surface area contributed by atoms with E-state index in [0.717, 1.165) is 24.9 Å². The SMILES string of the molecule is CC.CCCCC1N(CC(C)OC=O)C(=O)c2c(CCN(C)Cc3ccc(F)c(Cl)c3)c(C=O)c(O)c(=O)n21.CSCCCN. The number of thioether (sulfide) groups is 1. The monoisotopic (exact) mass is 670 g/mol. The molecular formula is C32H48ClFN4O6S. The van der Waals surface area contributed by atoms with Crippen molar-refractivity contribution in [2.24, 2.45) is 5.73 Å².